The first-order valence-electron chi connectivity index (χ1n) is 11.9. The van der Waals surface area contributed by atoms with E-state index in [2.05, 4.69) is 5.32 Å². The summed E-state index contributed by atoms with van der Waals surface area (Å²) in [5.74, 6) is 1.29. The fourth-order valence-electron chi connectivity index (χ4n) is 4.11. The van der Waals surface area contributed by atoms with Crippen LogP contribution in [0.15, 0.2) is 47.5 Å². The molecule has 36 heavy (non-hydrogen) atoms. The molecular formula is C26H31N3O6S. The van der Waals surface area contributed by atoms with Crippen LogP contribution in [0.4, 0.5) is 11.4 Å². The van der Waals surface area contributed by atoms with Crippen LogP contribution in [0, 0.1) is 0 Å². The highest BCUT2D eigenvalue weighted by Crippen LogP contribution is 2.36. The number of para-hydroxylation sites is 2. The summed E-state index contributed by atoms with van der Waals surface area (Å²) in [6, 6.07) is 12.6. The van der Waals surface area contributed by atoms with Gasteiger partial charge in [-0.3, -0.25) is 14.5 Å². The lowest BCUT2D eigenvalue weighted by Crippen LogP contribution is -2.38. The molecule has 0 radical (unpaired) electrons. The third kappa shape index (κ3) is 6.11. The Morgan fingerprint density at radius 1 is 1.17 bits per heavy atom. The molecule has 0 unspecified atom stereocenters. The normalized spacial score (nSPS) is 20.6. The van der Waals surface area contributed by atoms with E-state index in [-0.39, 0.29) is 24.3 Å². The number of hydrogen-bond donors (Lipinski definition) is 1. The number of hydrogen-bond acceptors (Lipinski definition) is 8. The van der Waals surface area contributed by atoms with Crippen molar-refractivity contribution in [2.45, 2.75) is 37.5 Å². The average molecular weight is 514 g/mol. The number of rotatable bonds is 10. The molecule has 0 bridgehead atoms. The molecule has 0 spiro atoms. The number of nitrogens with one attached hydrogen (secondary N) is 1. The zero-order chi connectivity index (χ0) is 25.5. The number of methoxy groups -OCH3 is 2. The van der Waals surface area contributed by atoms with Gasteiger partial charge in [0, 0.05) is 24.8 Å². The Labute approximate surface area is 215 Å². The van der Waals surface area contributed by atoms with Gasteiger partial charge in [-0.15, -0.1) is 0 Å². The number of thioether (sulfide) groups is 1. The maximum Gasteiger partial charge on any atom is 0.242 e. The number of amides is 2. The summed E-state index contributed by atoms with van der Waals surface area (Å²) in [4.78, 5) is 32.7. The number of aliphatic imine (C=N–C) groups is 1. The molecule has 2 atom stereocenters. The van der Waals surface area contributed by atoms with Crippen LogP contribution in [0.2, 0.25) is 0 Å². The van der Waals surface area contributed by atoms with E-state index in [9.17, 15) is 9.59 Å². The fourth-order valence-corrected chi connectivity index (χ4v) is 5.27. The Morgan fingerprint density at radius 3 is 2.69 bits per heavy atom. The summed E-state index contributed by atoms with van der Waals surface area (Å²) in [7, 11) is 3.08. The van der Waals surface area contributed by atoms with Gasteiger partial charge in [-0.1, -0.05) is 23.9 Å². The summed E-state index contributed by atoms with van der Waals surface area (Å²) in [6.45, 7) is 3.52. The third-order valence-corrected chi connectivity index (χ3v) is 7.02. The number of ether oxygens (including phenoxy) is 4. The molecule has 2 aromatic carbocycles. The summed E-state index contributed by atoms with van der Waals surface area (Å²) in [5, 5.41) is 2.81. The smallest absolute Gasteiger partial charge is 0.242 e. The van der Waals surface area contributed by atoms with Crippen LogP contribution in [0.25, 0.3) is 0 Å². The maximum atomic E-state index is 13.4. The Kier molecular flexibility index (Phi) is 8.71. The van der Waals surface area contributed by atoms with Gasteiger partial charge < -0.3 is 24.3 Å². The third-order valence-electron chi connectivity index (χ3n) is 5.85. The van der Waals surface area contributed by atoms with Crippen LogP contribution in [-0.4, -0.2) is 67.2 Å². The van der Waals surface area contributed by atoms with Crippen molar-refractivity contribution in [3.8, 4) is 17.2 Å². The molecule has 2 fully saturated rings. The lowest BCUT2D eigenvalue weighted by atomic mass is 10.2. The van der Waals surface area contributed by atoms with Crippen molar-refractivity contribution >= 4 is 40.1 Å². The Hall–Kier alpha value is -3.24. The molecule has 2 aromatic rings. The van der Waals surface area contributed by atoms with Gasteiger partial charge >= 0.3 is 0 Å². The van der Waals surface area contributed by atoms with E-state index >= 15 is 0 Å². The molecule has 1 N–H and O–H groups in total. The van der Waals surface area contributed by atoms with E-state index in [1.165, 1.54) is 18.9 Å². The fraction of sp³-hybridized carbons (Fsp3) is 0.423. The van der Waals surface area contributed by atoms with Gasteiger partial charge in [0.1, 0.15) is 16.7 Å². The average Bonchev–Trinajstić information content (AvgIpc) is 3.49. The van der Waals surface area contributed by atoms with Crippen LogP contribution >= 0.6 is 11.8 Å². The van der Waals surface area contributed by atoms with Crippen LogP contribution in [0.3, 0.4) is 0 Å². The Bertz CT molecular complexity index is 1120. The summed E-state index contributed by atoms with van der Waals surface area (Å²) < 4.78 is 22.0. The lowest BCUT2D eigenvalue weighted by molar-refractivity contribution is -0.129. The zero-order valence-corrected chi connectivity index (χ0v) is 21.5. The summed E-state index contributed by atoms with van der Waals surface area (Å²) in [5.41, 5.74) is 1.20. The molecule has 0 aliphatic carbocycles. The monoisotopic (exact) mass is 513 g/mol. The number of nitrogens with zero attached hydrogens (tertiary/aromatic N) is 2. The largest absolute Gasteiger partial charge is 0.493 e. The predicted molar refractivity (Wildman–Crippen MR) is 140 cm³/mol. The topological polar surface area (TPSA) is 98.7 Å². The van der Waals surface area contributed by atoms with E-state index in [0.717, 1.165) is 12.8 Å². The van der Waals surface area contributed by atoms with Crippen molar-refractivity contribution in [1.29, 1.82) is 0 Å². The van der Waals surface area contributed by atoms with E-state index in [0.29, 0.717) is 53.5 Å². The molecule has 9 nitrogen and oxygen atoms in total. The van der Waals surface area contributed by atoms with E-state index in [1.807, 2.05) is 31.2 Å². The van der Waals surface area contributed by atoms with Crippen molar-refractivity contribution < 1.29 is 28.5 Å². The number of amidine groups is 1. The van der Waals surface area contributed by atoms with Gasteiger partial charge in [0.05, 0.1) is 33.5 Å². The van der Waals surface area contributed by atoms with E-state index in [1.54, 1.807) is 30.2 Å². The van der Waals surface area contributed by atoms with Crippen molar-refractivity contribution in [2.24, 2.45) is 4.99 Å². The minimum Gasteiger partial charge on any atom is -0.493 e. The number of benzene rings is 2. The molecule has 0 aromatic heterocycles. The van der Waals surface area contributed by atoms with Crippen LogP contribution < -0.4 is 19.5 Å². The van der Waals surface area contributed by atoms with Crippen LogP contribution in [0.1, 0.15) is 26.2 Å². The maximum absolute atomic E-state index is 13.4. The quantitative estimate of drug-likeness (QED) is 0.507. The van der Waals surface area contributed by atoms with Crippen LogP contribution in [0.5, 0.6) is 17.2 Å². The van der Waals surface area contributed by atoms with Crippen LogP contribution in [-0.2, 0) is 14.3 Å². The van der Waals surface area contributed by atoms with Gasteiger partial charge in [0.15, 0.2) is 16.7 Å². The van der Waals surface area contributed by atoms with Crippen molar-refractivity contribution in [2.75, 3.05) is 39.3 Å². The van der Waals surface area contributed by atoms with Gasteiger partial charge in [-0.05, 0) is 44.0 Å². The Morgan fingerprint density at radius 2 is 1.97 bits per heavy atom. The second kappa shape index (κ2) is 12.1. The Balaban J connectivity index is 1.51. The highest BCUT2D eigenvalue weighted by atomic mass is 32.2. The number of anilines is 1. The highest BCUT2D eigenvalue weighted by molar-refractivity contribution is 8.15. The second-order valence-electron chi connectivity index (χ2n) is 8.31. The van der Waals surface area contributed by atoms with Crippen molar-refractivity contribution in [1.82, 2.24) is 4.90 Å². The molecule has 2 amide bonds. The van der Waals surface area contributed by atoms with Gasteiger partial charge in [-0.25, -0.2) is 4.99 Å². The molecule has 2 heterocycles. The SMILES string of the molecule is CCOc1ccccc1N=C1S[C@@H](CC(=O)Nc2ccc(OC)c(OC)c2)C(=O)N1C[C@H]1CCCO1. The molecule has 192 valence electrons. The van der Waals surface area contributed by atoms with Gasteiger partial charge in [0.2, 0.25) is 11.8 Å². The summed E-state index contributed by atoms with van der Waals surface area (Å²) in [6.07, 6.45) is 1.82. The standard InChI is InChI=1S/C26H31N3O6S/c1-4-34-20-10-6-5-9-19(20)28-26-29(16-18-8-7-13-35-18)25(31)23(36-26)15-24(30)27-17-11-12-21(32-2)22(14-17)33-3/h5-6,9-12,14,18,23H,4,7-8,13,15-16H2,1-3H3,(H,27,30)/t18-,23+/m1/s1. The second-order valence-corrected chi connectivity index (χ2v) is 9.48. The van der Waals surface area contributed by atoms with Gasteiger partial charge in [0.25, 0.3) is 0 Å². The number of carbonyl (C=O) groups excluding carboxylic acids is 2. The molecular weight excluding hydrogens is 482 g/mol. The molecule has 2 saturated heterocycles. The molecule has 0 saturated carbocycles. The highest BCUT2D eigenvalue weighted by Gasteiger charge is 2.40. The predicted octanol–water partition coefficient (Wildman–Crippen LogP) is 4.24. The molecule has 10 heteroatoms. The number of carbonyl (C=O) groups is 2. The summed E-state index contributed by atoms with van der Waals surface area (Å²) >= 11 is 1.29. The van der Waals surface area contributed by atoms with Crippen molar-refractivity contribution in [3.05, 3.63) is 42.5 Å². The first-order valence-corrected chi connectivity index (χ1v) is 12.8. The van der Waals surface area contributed by atoms with E-state index in [4.69, 9.17) is 23.9 Å². The zero-order valence-electron chi connectivity index (χ0n) is 20.7. The van der Waals surface area contributed by atoms with Gasteiger partial charge in [-0.2, -0.15) is 0 Å². The molecule has 2 aliphatic heterocycles. The van der Waals surface area contributed by atoms with Crippen molar-refractivity contribution in [3.63, 3.8) is 0 Å². The molecule has 2 aliphatic rings. The minimum absolute atomic E-state index is 0.00595. The minimum atomic E-state index is -0.593. The first-order chi connectivity index (χ1) is 17.5. The van der Waals surface area contributed by atoms with E-state index < -0.39 is 5.25 Å². The first kappa shape index (κ1) is 25.8. The lowest BCUT2D eigenvalue weighted by Gasteiger charge is -2.20. The molecule has 4 rings (SSSR count).